The van der Waals surface area contributed by atoms with E-state index in [2.05, 4.69) is 47.1 Å². The number of aromatic nitrogens is 1. The topological polar surface area (TPSA) is 37.3 Å². The Hall–Kier alpha value is -1.29. The molecule has 4 heteroatoms. The molecule has 2 aliphatic heterocycles. The van der Waals surface area contributed by atoms with Crippen LogP contribution in [0, 0.1) is 11.8 Å². The molecule has 116 valence electrons. The summed E-state index contributed by atoms with van der Waals surface area (Å²) in [6.45, 7) is 4.92. The van der Waals surface area contributed by atoms with Gasteiger partial charge in [-0.2, -0.15) is 0 Å². The summed E-state index contributed by atoms with van der Waals surface area (Å²) in [7, 11) is 2.09. The maximum atomic E-state index is 13.1. The first-order valence-corrected chi connectivity index (χ1v) is 8.31. The van der Waals surface area contributed by atoms with Gasteiger partial charge in [-0.25, -0.2) is 0 Å². The molecule has 0 spiro atoms. The zero-order valence-electron chi connectivity index (χ0n) is 13.2. The van der Waals surface area contributed by atoms with Gasteiger partial charge >= 0.3 is 0 Å². The average molecular weight is 289 g/mol. The molecule has 0 aromatic carbocycles. The lowest BCUT2D eigenvalue weighted by Gasteiger charge is -2.33. The van der Waals surface area contributed by atoms with Crippen LogP contribution in [0.4, 0.5) is 0 Å². The van der Waals surface area contributed by atoms with Crippen molar-refractivity contribution in [3.05, 3.63) is 24.0 Å². The third kappa shape index (κ3) is 2.86. The molecule has 1 aromatic rings. The van der Waals surface area contributed by atoms with Crippen LogP contribution in [0.1, 0.15) is 44.3 Å². The van der Waals surface area contributed by atoms with Crippen molar-refractivity contribution in [2.24, 2.45) is 18.9 Å². The highest BCUT2D eigenvalue weighted by molar-refractivity contribution is 5.80. The minimum Gasteiger partial charge on any atom is -0.353 e. The van der Waals surface area contributed by atoms with Crippen LogP contribution in [0.2, 0.25) is 0 Å². The normalized spacial score (nSPS) is 30.4. The van der Waals surface area contributed by atoms with E-state index in [1.807, 2.05) is 0 Å². The first-order valence-electron chi connectivity index (χ1n) is 8.31. The standard InChI is InChI=1S/C17H27N3O/c1-13-11-18-12-14(13)17(21)20-10-5-3-4-7-16(20)15-8-6-9-19(15)2/h6,8-9,13-14,16,18H,3-5,7,10-12H2,1-2H3/t13-,14-,16?/m1/s1. The van der Waals surface area contributed by atoms with Crippen molar-refractivity contribution in [3.8, 4) is 0 Å². The van der Waals surface area contributed by atoms with E-state index in [4.69, 9.17) is 0 Å². The molecule has 3 atom stereocenters. The van der Waals surface area contributed by atoms with Gasteiger partial charge in [0.1, 0.15) is 0 Å². The minimum absolute atomic E-state index is 0.158. The number of hydrogen-bond acceptors (Lipinski definition) is 2. The molecule has 1 N–H and O–H groups in total. The summed E-state index contributed by atoms with van der Waals surface area (Å²) in [4.78, 5) is 15.2. The molecule has 2 aliphatic rings. The number of rotatable bonds is 2. The lowest BCUT2D eigenvalue weighted by Crippen LogP contribution is -2.41. The zero-order valence-corrected chi connectivity index (χ0v) is 13.2. The number of nitrogens with zero attached hydrogens (tertiary/aromatic N) is 2. The summed E-state index contributed by atoms with van der Waals surface area (Å²) in [5, 5.41) is 3.37. The number of nitrogens with one attached hydrogen (secondary N) is 1. The van der Waals surface area contributed by atoms with Crippen LogP contribution in [-0.2, 0) is 11.8 Å². The molecule has 0 saturated carbocycles. The molecule has 2 fully saturated rings. The SMILES string of the molecule is C[C@@H]1CNC[C@H]1C(=O)N1CCCCCC1c1cccn1C. The molecule has 2 saturated heterocycles. The van der Waals surface area contributed by atoms with E-state index in [-0.39, 0.29) is 12.0 Å². The van der Waals surface area contributed by atoms with E-state index in [0.717, 1.165) is 32.5 Å². The second kappa shape index (κ2) is 6.22. The lowest BCUT2D eigenvalue weighted by atomic mass is 9.95. The Labute approximate surface area is 127 Å². The Morgan fingerprint density at radius 1 is 1.29 bits per heavy atom. The molecule has 1 unspecified atom stereocenters. The summed E-state index contributed by atoms with van der Waals surface area (Å²) < 4.78 is 2.17. The van der Waals surface area contributed by atoms with Gasteiger partial charge in [0.05, 0.1) is 12.0 Å². The number of carbonyl (C=O) groups is 1. The second-order valence-corrected chi connectivity index (χ2v) is 6.68. The third-order valence-electron chi connectivity index (χ3n) is 5.20. The molecule has 1 aromatic heterocycles. The van der Waals surface area contributed by atoms with E-state index in [1.165, 1.54) is 18.5 Å². The monoisotopic (exact) mass is 289 g/mol. The van der Waals surface area contributed by atoms with Crippen LogP contribution in [0.25, 0.3) is 0 Å². The van der Waals surface area contributed by atoms with E-state index in [1.54, 1.807) is 0 Å². The number of aryl methyl sites for hydroxylation is 1. The van der Waals surface area contributed by atoms with Crippen molar-refractivity contribution in [2.75, 3.05) is 19.6 Å². The highest BCUT2D eigenvalue weighted by Crippen LogP contribution is 2.32. The van der Waals surface area contributed by atoms with Gasteiger partial charge in [0.25, 0.3) is 0 Å². The lowest BCUT2D eigenvalue weighted by molar-refractivity contribution is -0.138. The van der Waals surface area contributed by atoms with Crippen molar-refractivity contribution in [1.29, 1.82) is 0 Å². The largest absolute Gasteiger partial charge is 0.353 e. The number of carbonyl (C=O) groups excluding carboxylic acids is 1. The van der Waals surface area contributed by atoms with Crippen LogP contribution in [-0.4, -0.2) is 35.0 Å². The Morgan fingerprint density at radius 3 is 2.81 bits per heavy atom. The van der Waals surface area contributed by atoms with E-state index >= 15 is 0 Å². The molecule has 0 aliphatic carbocycles. The van der Waals surface area contributed by atoms with Gasteiger partial charge in [-0.05, 0) is 37.4 Å². The quantitative estimate of drug-likeness (QED) is 0.907. The predicted octanol–water partition coefficient (Wildman–Crippen LogP) is 2.32. The number of likely N-dealkylation sites (tertiary alicyclic amines) is 1. The smallest absolute Gasteiger partial charge is 0.227 e. The van der Waals surface area contributed by atoms with Gasteiger partial charge in [-0.1, -0.05) is 19.8 Å². The van der Waals surface area contributed by atoms with Crippen molar-refractivity contribution in [2.45, 2.75) is 38.6 Å². The minimum atomic E-state index is 0.158. The van der Waals surface area contributed by atoms with Crippen molar-refractivity contribution >= 4 is 5.91 Å². The van der Waals surface area contributed by atoms with Crippen LogP contribution in [0.5, 0.6) is 0 Å². The number of amides is 1. The fourth-order valence-corrected chi connectivity index (χ4v) is 3.85. The van der Waals surface area contributed by atoms with Gasteiger partial charge in [0, 0.05) is 32.0 Å². The van der Waals surface area contributed by atoms with E-state index in [9.17, 15) is 4.79 Å². The van der Waals surface area contributed by atoms with Crippen LogP contribution in [0.15, 0.2) is 18.3 Å². The number of hydrogen-bond donors (Lipinski definition) is 1. The van der Waals surface area contributed by atoms with Crippen LogP contribution >= 0.6 is 0 Å². The van der Waals surface area contributed by atoms with Crippen molar-refractivity contribution in [1.82, 2.24) is 14.8 Å². The predicted molar refractivity (Wildman–Crippen MR) is 83.9 cm³/mol. The first-order chi connectivity index (χ1) is 10.2. The Morgan fingerprint density at radius 2 is 2.14 bits per heavy atom. The van der Waals surface area contributed by atoms with Gasteiger partial charge in [-0.3, -0.25) is 4.79 Å². The molecule has 4 nitrogen and oxygen atoms in total. The molecular formula is C17H27N3O. The Balaban J connectivity index is 1.85. The van der Waals surface area contributed by atoms with Gasteiger partial charge in [-0.15, -0.1) is 0 Å². The highest BCUT2D eigenvalue weighted by Gasteiger charge is 2.36. The van der Waals surface area contributed by atoms with E-state index < -0.39 is 0 Å². The fourth-order valence-electron chi connectivity index (χ4n) is 3.85. The second-order valence-electron chi connectivity index (χ2n) is 6.68. The fraction of sp³-hybridized carbons (Fsp3) is 0.706. The Kier molecular flexibility index (Phi) is 4.34. The Bertz CT molecular complexity index is 496. The zero-order chi connectivity index (χ0) is 14.8. The summed E-state index contributed by atoms with van der Waals surface area (Å²) in [6.07, 6.45) is 6.78. The first kappa shape index (κ1) is 14.6. The highest BCUT2D eigenvalue weighted by atomic mass is 16.2. The summed E-state index contributed by atoms with van der Waals surface area (Å²) in [5.41, 5.74) is 1.28. The van der Waals surface area contributed by atoms with Crippen molar-refractivity contribution in [3.63, 3.8) is 0 Å². The van der Waals surface area contributed by atoms with Gasteiger partial charge < -0.3 is 14.8 Å². The van der Waals surface area contributed by atoms with Crippen LogP contribution in [0.3, 0.4) is 0 Å². The molecule has 0 radical (unpaired) electrons. The molecule has 1 amide bonds. The maximum Gasteiger partial charge on any atom is 0.227 e. The molecule has 3 rings (SSSR count). The summed E-state index contributed by atoms with van der Waals surface area (Å²) in [6, 6.07) is 4.52. The summed E-state index contributed by atoms with van der Waals surface area (Å²) >= 11 is 0. The molecular weight excluding hydrogens is 262 g/mol. The molecule has 21 heavy (non-hydrogen) atoms. The third-order valence-corrected chi connectivity index (χ3v) is 5.20. The van der Waals surface area contributed by atoms with Crippen molar-refractivity contribution < 1.29 is 4.79 Å². The molecule has 0 bridgehead atoms. The van der Waals surface area contributed by atoms with E-state index in [0.29, 0.717) is 11.8 Å². The molecule has 3 heterocycles. The van der Waals surface area contributed by atoms with Crippen LogP contribution < -0.4 is 5.32 Å². The average Bonchev–Trinajstić information content (AvgIpc) is 3.00. The summed E-state index contributed by atoms with van der Waals surface area (Å²) in [5.74, 6) is 0.973. The maximum absolute atomic E-state index is 13.1. The van der Waals surface area contributed by atoms with Gasteiger partial charge in [0.2, 0.25) is 5.91 Å². The van der Waals surface area contributed by atoms with Gasteiger partial charge in [0.15, 0.2) is 0 Å².